The quantitative estimate of drug-likeness (QED) is 0.199. The molecule has 0 unspecified atom stereocenters. The fraction of sp³-hybridized carbons (Fsp3) is 0.212. The molecular weight excluding hydrogens is 715 g/mol. The number of ether oxygens (including phenoxy) is 2. The van der Waals surface area contributed by atoms with E-state index in [9.17, 15) is 22.0 Å². The topological polar surface area (TPSA) is 147 Å². The van der Waals surface area contributed by atoms with Gasteiger partial charge >= 0.3 is 0 Å². The van der Waals surface area contributed by atoms with E-state index in [1.54, 1.807) is 37.4 Å². The summed E-state index contributed by atoms with van der Waals surface area (Å²) in [6.45, 7) is -0.0825. The van der Waals surface area contributed by atoms with Crippen LogP contribution in [0.5, 0.6) is 11.6 Å². The van der Waals surface area contributed by atoms with Crippen molar-refractivity contribution in [3.05, 3.63) is 111 Å². The second kappa shape index (κ2) is 14.2. The standard InChI is InChI=1S/C33H30ClF2N7O5S.ClH/c1-41-29-26(11-10-24(34)28(29)32(40-41)42(49(4,45)46)17-18-5-7-22(47-2)8-6-18)43-31(25(37)15-19-13-20(35)16-21(36)14-19)39-30-23(33(43)44)9-12-27(38-30)48-3;/h5-14,16,25H,15,17,37H2,1-4H3;1H/t25-;/m0./s1. The fourth-order valence-electron chi connectivity index (χ4n) is 5.67. The minimum Gasteiger partial charge on any atom is -0.497 e. The average molecular weight is 747 g/mol. The van der Waals surface area contributed by atoms with Gasteiger partial charge in [0, 0.05) is 19.2 Å². The molecule has 0 aliphatic carbocycles. The van der Waals surface area contributed by atoms with Crippen LogP contribution in [-0.2, 0) is 30.0 Å². The molecule has 0 aliphatic rings. The van der Waals surface area contributed by atoms with E-state index in [4.69, 9.17) is 26.8 Å². The minimum atomic E-state index is -3.93. The monoisotopic (exact) mass is 745 g/mol. The van der Waals surface area contributed by atoms with Crippen LogP contribution in [0, 0.1) is 11.6 Å². The van der Waals surface area contributed by atoms with E-state index in [0.29, 0.717) is 16.8 Å². The van der Waals surface area contributed by atoms with Gasteiger partial charge in [-0.3, -0.25) is 14.0 Å². The van der Waals surface area contributed by atoms with Gasteiger partial charge in [0.1, 0.15) is 23.2 Å². The molecule has 6 rings (SSSR count). The Morgan fingerprint density at radius 3 is 2.26 bits per heavy atom. The number of aromatic nitrogens is 5. The summed E-state index contributed by atoms with van der Waals surface area (Å²) in [6, 6.07) is 14.9. The molecule has 2 N–H and O–H groups in total. The van der Waals surface area contributed by atoms with Gasteiger partial charge in [-0.15, -0.1) is 12.4 Å². The third-order valence-corrected chi connectivity index (χ3v) is 9.33. The lowest BCUT2D eigenvalue weighted by molar-refractivity contribution is 0.399. The maximum absolute atomic E-state index is 14.3. The number of sulfonamides is 1. The Labute approximate surface area is 296 Å². The van der Waals surface area contributed by atoms with E-state index < -0.39 is 33.3 Å². The Bertz CT molecular complexity index is 2390. The van der Waals surface area contributed by atoms with E-state index in [1.807, 2.05) is 0 Å². The number of nitrogens with two attached hydrogens (primary N) is 1. The summed E-state index contributed by atoms with van der Waals surface area (Å²) in [5, 5.41) is 5.12. The lowest BCUT2D eigenvalue weighted by Gasteiger charge is -2.21. The van der Waals surface area contributed by atoms with E-state index in [2.05, 4.69) is 15.1 Å². The number of fused-ring (bicyclic) bond motifs is 2. The molecule has 0 aliphatic heterocycles. The van der Waals surface area contributed by atoms with Crippen molar-refractivity contribution in [2.75, 3.05) is 24.8 Å². The third kappa shape index (κ3) is 6.94. The zero-order valence-electron chi connectivity index (χ0n) is 27.1. The lowest BCUT2D eigenvalue weighted by Crippen LogP contribution is -2.30. The van der Waals surface area contributed by atoms with Gasteiger partial charge < -0.3 is 15.2 Å². The van der Waals surface area contributed by atoms with Crippen LogP contribution in [-0.4, -0.2) is 53.2 Å². The summed E-state index contributed by atoms with van der Waals surface area (Å²) in [7, 11) is 0.603. The second-order valence-corrected chi connectivity index (χ2v) is 13.6. The molecule has 0 spiro atoms. The molecule has 0 amide bonds. The van der Waals surface area contributed by atoms with Crippen LogP contribution in [0.25, 0.3) is 27.6 Å². The summed E-state index contributed by atoms with van der Waals surface area (Å²) in [4.78, 5) is 23.3. The Morgan fingerprint density at radius 1 is 0.960 bits per heavy atom. The average Bonchev–Trinajstić information content (AvgIpc) is 3.40. The maximum atomic E-state index is 14.3. The Kier molecular flexibility index (Phi) is 10.3. The molecule has 0 bridgehead atoms. The maximum Gasteiger partial charge on any atom is 0.267 e. The van der Waals surface area contributed by atoms with Crippen LogP contribution in [0.15, 0.2) is 71.5 Å². The van der Waals surface area contributed by atoms with Crippen LogP contribution in [0.2, 0.25) is 5.02 Å². The molecule has 50 heavy (non-hydrogen) atoms. The van der Waals surface area contributed by atoms with E-state index >= 15 is 0 Å². The first kappa shape index (κ1) is 36.5. The molecule has 17 heteroatoms. The number of methoxy groups -OCH3 is 2. The third-order valence-electron chi connectivity index (χ3n) is 7.91. The van der Waals surface area contributed by atoms with Gasteiger partial charge in [-0.25, -0.2) is 26.5 Å². The highest BCUT2D eigenvalue weighted by Gasteiger charge is 2.29. The van der Waals surface area contributed by atoms with Crippen molar-refractivity contribution in [3.63, 3.8) is 0 Å². The van der Waals surface area contributed by atoms with Crippen molar-refractivity contribution >= 4 is 61.8 Å². The summed E-state index contributed by atoms with van der Waals surface area (Å²) in [5.41, 5.74) is 7.52. The molecule has 3 heterocycles. The number of pyridine rings is 1. The molecule has 3 aromatic heterocycles. The SMILES string of the molecule is COc1ccc(CN(c2nn(C)c3c(-n4c([C@@H](N)Cc5cc(F)cc(F)c5)nc5nc(OC)ccc5c4=O)ccc(Cl)c23)S(C)(=O)=O)cc1.Cl. The molecule has 0 saturated heterocycles. The highest BCUT2D eigenvalue weighted by atomic mass is 35.5. The fourth-order valence-corrected chi connectivity index (χ4v) is 6.74. The van der Waals surface area contributed by atoms with Crippen LogP contribution in [0.3, 0.4) is 0 Å². The Morgan fingerprint density at radius 2 is 1.64 bits per heavy atom. The van der Waals surface area contributed by atoms with Crippen molar-refractivity contribution in [1.82, 2.24) is 24.3 Å². The van der Waals surface area contributed by atoms with E-state index in [-0.39, 0.29) is 75.6 Å². The first-order valence-electron chi connectivity index (χ1n) is 14.7. The highest BCUT2D eigenvalue weighted by Crippen LogP contribution is 2.38. The predicted molar refractivity (Wildman–Crippen MR) is 189 cm³/mol. The van der Waals surface area contributed by atoms with Crippen molar-refractivity contribution in [2.45, 2.75) is 19.0 Å². The summed E-state index contributed by atoms with van der Waals surface area (Å²) >= 11 is 6.77. The number of anilines is 1. The first-order valence-corrected chi connectivity index (χ1v) is 17.0. The van der Waals surface area contributed by atoms with E-state index in [0.717, 1.165) is 28.8 Å². The van der Waals surface area contributed by atoms with Crippen molar-refractivity contribution in [1.29, 1.82) is 0 Å². The Hall–Kier alpha value is -4.83. The van der Waals surface area contributed by atoms with Crippen molar-refractivity contribution in [3.8, 4) is 17.3 Å². The molecular formula is C33H31Cl2F2N7O5S. The molecule has 1 atom stereocenters. The number of benzene rings is 3. The van der Waals surface area contributed by atoms with Gasteiger partial charge in [0.15, 0.2) is 11.5 Å². The molecule has 12 nitrogen and oxygen atoms in total. The number of hydrogen-bond donors (Lipinski definition) is 1. The number of halogens is 4. The van der Waals surface area contributed by atoms with Crippen LogP contribution in [0.1, 0.15) is 23.0 Å². The van der Waals surface area contributed by atoms with Crippen molar-refractivity contribution < 1.29 is 26.7 Å². The molecule has 0 radical (unpaired) electrons. The second-order valence-electron chi connectivity index (χ2n) is 11.3. The molecule has 3 aromatic carbocycles. The van der Waals surface area contributed by atoms with Gasteiger partial charge in [0.25, 0.3) is 5.56 Å². The van der Waals surface area contributed by atoms with Crippen molar-refractivity contribution in [2.24, 2.45) is 12.8 Å². The highest BCUT2D eigenvalue weighted by molar-refractivity contribution is 7.92. The van der Waals surface area contributed by atoms with Gasteiger partial charge in [0.05, 0.1) is 60.1 Å². The number of rotatable bonds is 10. The first-order chi connectivity index (χ1) is 23.3. The zero-order valence-corrected chi connectivity index (χ0v) is 29.5. The number of aryl methyl sites for hydroxylation is 1. The van der Waals surface area contributed by atoms with Crippen LogP contribution < -0.4 is 25.1 Å². The molecule has 262 valence electrons. The Balaban J connectivity index is 0.00000486. The normalized spacial score (nSPS) is 12.2. The van der Waals surface area contributed by atoms with Gasteiger partial charge in [0.2, 0.25) is 15.9 Å². The van der Waals surface area contributed by atoms with Crippen LogP contribution >= 0.6 is 24.0 Å². The van der Waals surface area contributed by atoms with E-state index in [1.165, 1.54) is 41.7 Å². The van der Waals surface area contributed by atoms with Gasteiger partial charge in [-0.2, -0.15) is 10.1 Å². The summed E-state index contributed by atoms with van der Waals surface area (Å²) in [5.74, 6) is -0.741. The number of nitrogens with zero attached hydrogens (tertiary/aromatic N) is 6. The van der Waals surface area contributed by atoms with Gasteiger partial charge in [-0.05, 0) is 60.0 Å². The molecule has 0 fully saturated rings. The van der Waals surface area contributed by atoms with Gasteiger partial charge in [-0.1, -0.05) is 23.7 Å². The van der Waals surface area contributed by atoms with Crippen LogP contribution in [0.4, 0.5) is 14.6 Å². The largest absolute Gasteiger partial charge is 0.497 e. The smallest absolute Gasteiger partial charge is 0.267 e. The lowest BCUT2D eigenvalue weighted by atomic mass is 10.0. The zero-order chi connectivity index (χ0) is 35.2. The predicted octanol–water partition coefficient (Wildman–Crippen LogP) is 5.25. The summed E-state index contributed by atoms with van der Waals surface area (Å²) in [6.07, 6.45) is 0.952. The minimum absolute atomic E-state index is 0. The molecule has 6 aromatic rings. The summed E-state index contributed by atoms with van der Waals surface area (Å²) < 4.78 is 69.0. The molecule has 0 saturated carbocycles. The number of hydrogen-bond acceptors (Lipinski definition) is 9.